The molecule has 0 aliphatic rings. The van der Waals surface area contributed by atoms with Gasteiger partial charge in [-0.2, -0.15) is 4.33 Å². The summed E-state index contributed by atoms with van der Waals surface area (Å²) in [5.74, 6) is 0.725. The summed E-state index contributed by atoms with van der Waals surface area (Å²) in [5, 5.41) is 0. The largest absolute Gasteiger partial charge is 0.363 e. The zero-order valence-corrected chi connectivity index (χ0v) is 12.0. The van der Waals surface area contributed by atoms with Crippen molar-refractivity contribution >= 4 is 17.7 Å². The first-order chi connectivity index (χ1) is 7.95. The van der Waals surface area contributed by atoms with E-state index < -0.39 is 0 Å². The fraction of sp³-hybridized carbons (Fsp3) is 0.538. The summed E-state index contributed by atoms with van der Waals surface area (Å²) in [4.78, 5) is 6.64. The van der Waals surface area contributed by atoms with E-state index in [2.05, 4.69) is 54.8 Å². The van der Waals surface area contributed by atoms with Crippen LogP contribution in [0.15, 0.2) is 24.3 Å². The standard InChI is InChI=1S/C13H21NO2S/c1-13(2,3)11-6-8-12(9-7-11)14(4)10-17-16-15-5/h6-9H,10H2,1-5H3. The summed E-state index contributed by atoms with van der Waals surface area (Å²) in [5.41, 5.74) is 2.71. The molecular formula is C13H21NO2S. The van der Waals surface area contributed by atoms with Crippen LogP contribution in [0.25, 0.3) is 0 Å². The van der Waals surface area contributed by atoms with Gasteiger partial charge < -0.3 is 4.90 Å². The van der Waals surface area contributed by atoms with E-state index in [4.69, 9.17) is 4.33 Å². The quantitative estimate of drug-likeness (QED) is 0.263. The molecule has 0 saturated carbocycles. The van der Waals surface area contributed by atoms with Crippen molar-refractivity contribution in [3.63, 3.8) is 0 Å². The van der Waals surface area contributed by atoms with Crippen LogP contribution >= 0.6 is 12.0 Å². The maximum atomic E-state index is 4.78. The van der Waals surface area contributed by atoms with Gasteiger partial charge in [-0.15, -0.1) is 0 Å². The number of benzene rings is 1. The lowest BCUT2D eigenvalue weighted by atomic mass is 9.87. The number of hydrogen-bond donors (Lipinski definition) is 0. The smallest absolute Gasteiger partial charge is 0.0930 e. The molecule has 0 aliphatic heterocycles. The van der Waals surface area contributed by atoms with E-state index >= 15 is 0 Å². The first kappa shape index (κ1) is 14.4. The highest BCUT2D eigenvalue weighted by Crippen LogP contribution is 2.25. The van der Waals surface area contributed by atoms with Gasteiger partial charge in [-0.05, 0) is 23.1 Å². The van der Waals surface area contributed by atoms with Crippen LogP contribution in [-0.4, -0.2) is 20.0 Å². The molecule has 0 saturated heterocycles. The van der Waals surface area contributed by atoms with Crippen LogP contribution in [0, 0.1) is 0 Å². The molecule has 0 amide bonds. The predicted molar refractivity (Wildman–Crippen MR) is 74.1 cm³/mol. The van der Waals surface area contributed by atoms with Gasteiger partial charge >= 0.3 is 0 Å². The van der Waals surface area contributed by atoms with Crippen molar-refractivity contribution in [3.8, 4) is 0 Å². The number of hydrogen-bond acceptors (Lipinski definition) is 4. The maximum absolute atomic E-state index is 4.78. The zero-order valence-electron chi connectivity index (χ0n) is 11.2. The number of rotatable bonds is 5. The normalized spacial score (nSPS) is 11.6. The summed E-state index contributed by atoms with van der Waals surface area (Å²) in [7, 11) is 3.53. The van der Waals surface area contributed by atoms with Gasteiger partial charge in [0, 0.05) is 12.7 Å². The molecule has 0 heterocycles. The summed E-state index contributed by atoms with van der Waals surface area (Å²) >= 11 is 1.27. The first-order valence-electron chi connectivity index (χ1n) is 5.59. The van der Waals surface area contributed by atoms with Crippen molar-refractivity contribution < 1.29 is 9.22 Å². The van der Waals surface area contributed by atoms with Crippen molar-refractivity contribution in [2.75, 3.05) is 24.9 Å². The van der Waals surface area contributed by atoms with Crippen LogP contribution in [0.2, 0.25) is 0 Å². The van der Waals surface area contributed by atoms with E-state index in [1.165, 1.54) is 30.4 Å². The van der Waals surface area contributed by atoms with Crippen molar-refractivity contribution in [1.29, 1.82) is 0 Å². The Morgan fingerprint density at radius 1 is 1.18 bits per heavy atom. The first-order valence-corrected chi connectivity index (χ1v) is 6.50. The van der Waals surface area contributed by atoms with Crippen LogP contribution in [0.4, 0.5) is 5.69 Å². The molecule has 0 unspecified atom stereocenters. The minimum atomic E-state index is 0.199. The van der Waals surface area contributed by atoms with Crippen LogP contribution in [-0.2, 0) is 14.6 Å². The number of nitrogens with zero attached hydrogens (tertiary/aromatic N) is 1. The van der Waals surface area contributed by atoms with Gasteiger partial charge in [-0.25, -0.2) is 4.89 Å². The van der Waals surface area contributed by atoms with Crippen molar-refractivity contribution in [1.82, 2.24) is 0 Å². The van der Waals surface area contributed by atoms with Gasteiger partial charge in [0.1, 0.15) is 0 Å². The highest BCUT2D eigenvalue weighted by atomic mass is 32.2. The van der Waals surface area contributed by atoms with Gasteiger partial charge in [-0.1, -0.05) is 32.9 Å². The Hall–Kier alpha value is -0.710. The molecule has 0 atom stereocenters. The Morgan fingerprint density at radius 2 is 1.76 bits per heavy atom. The molecule has 0 fully saturated rings. The highest BCUT2D eigenvalue weighted by Gasteiger charge is 2.13. The molecule has 0 aliphatic carbocycles. The minimum Gasteiger partial charge on any atom is -0.363 e. The average molecular weight is 255 g/mol. The van der Waals surface area contributed by atoms with Crippen LogP contribution in [0.3, 0.4) is 0 Å². The second-order valence-electron chi connectivity index (χ2n) is 4.98. The highest BCUT2D eigenvalue weighted by molar-refractivity contribution is 7.94. The van der Waals surface area contributed by atoms with E-state index in [-0.39, 0.29) is 5.41 Å². The van der Waals surface area contributed by atoms with Crippen LogP contribution in [0.1, 0.15) is 26.3 Å². The van der Waals surface area contributed by atoms with Gasteiger partial charge in [0.2, 0.25) is 0 Å². The SMILES string of the molecule is COOSCN(C)c1ccc(C(C)(C)C)cc1. The van der Waals surface area contributed by atoms with Gasteiger partial charge in [0.05, 0.1) is 25.0 Å². The Morgan fingerprint density at radius 3 is 2.24 bits per heavy atom. The molecule has 4 heteroatoms. The zero-order chi connectivity index (χ0) is 12.9. The molecule has 0 N–H and O–H groups in total. The van der Waals surface area contributed by atoms with Gasteiger partial charge in [0.15, 0.2) is 0 Å². The number of anilines is 1. The van der Waals surface area contributed by atoms with E-state index in [0.717, 1.165) is 5.88 Å². The molecule has 1 aromatic rings. The van der Waals surface area contributed by atoms with E-state index in [1.807, 2.05) is 7.05 Å². The van der Waals surface area contributed by atoms with Gasteiger partial charge in [-0.3, -0.25) is 0 Å². The predicted octanol–water partition coefficient (Wildman–Crippen LogP) is 3.60. The topological polar surface area (TPSA) is 21.7 Å². The molecule has 0 spiro atoms. The Labute approximate surface area is 108 Å². The van der Waals surface area contributed by atoms with Crippen LogP contribution < -0.4 is 4.90 Å². The molecular weight excluding hydrogens is 234 g/mol. The Kier molecular flexibility index (Phi) is 5.31. The lowest BCUT2D eigenvalue weighted by molar-refractivity contribution is -0.160. The molecule has 96 valence electrons. The summed E-state index contributed by atoms with van der Waals surface area (Å²) in [6, 6.07) is 8.61. The maximum Gasteiger partial charge on any atom is 0.0930 e. The molecule has 1 rings (SSSR count). The molecule has 0 radical (unpaired) electrons. The minimum absolute atomic E-state index is 0.199. The molecule has 0 aromatic heterocycles. The van der Waals surface area contributed by atoms with E-state index in [9.17, 15) is 0 Å². The molecule has 17 heavy (non-hydrogen) atoms. The van der Waals surface area contributed by atoms with Crippen molar-refractivity contribution in [3.05, 3.63) is 29.8 Å². The van der Waals surface area contributed by atoms with E-state index in [0.29, 0.717) is 0 Å². The van der Waals surface area contributed by atoms with Crippen molar-refractivity contribution in [2.45, 2.75) is 26.2 Å². The lowest BCUT2D eigenvalue weighted by Crippen LogP contribution is -2.17. The van der Waals surface area contributed by atoms with Gasteiger partial charge in [0.25, 0.3) is 0 Å². The lowest BCUT2D eigenvalue weighted by Gasteiger charge is -2.22. The molecule has 0 bridgehead atoms. The third-order valence-electron chi connectivity index (χ3n) is 2.54. The van der Waals surface area contributed by atoms with Crippen LogP contribution in [0.5, 0.6) is 0 Å². The third-order valence-corrected chi connectivity index (χ3v) is 3.26. The molecule has 1 aromatic carbocycles. The fourth-order valence-corrected chi connectivity index (χ4v) is 1.89. The average Bonchev–Trinajstić information content (AvgIpc) is 2.28. The Bertz CT molecular complexity index is 332. The summed E-state index contributed by atoms with van der Waals surface area (Å²) in [6.45, 7) is 6.65. The Balaban J connectivity index is 2.61. The third kappa shape index (κ3) is 4.58. The summed E-state index contributed by atoms with van der Waals surface area (Å²) < 4.78 is 4.78. The monoisotopic (exact) mass is 255 g/mol. The van der Waals surface area contributed by atoms with E-state index in [1.54, 1.807) is 0 Å². The second kappa shape index (κ2) is 6.28. The summed E-state index contributed by atoms with van der Waals surface area (Å²) in [6.07, 6.45) is 0. The molecule has 3 nitrogen and oxygen atoms in total. The van der Waals surface area contributed by atoms with Crippen molar-refractivity contribution in [2.24, 2.45) is 0 Å². The second-order valence-corrected chi connectivity index (χ2v) is 5.61. The fourth-order valence-electron chi connectivity index (χ4n) is 1.44.